The van der Waals surface area contributed by atoms with Gasteiger partial charge in [-0.1, -0.05) is 19.3 Å². The van der Waals surface area contributed by atoms with Gasteiger partial charge in [0.1, 0.15) is 5.75 Å². The molecule has 1 aliphatic rings. The summed E-state index contributed by atoms with van der Waals surface area (Å²) in [5.74, 6) is 0.546. The van der Waals surface area contributed by atoms with E-state index in [1.54, 1.807) is 22.9 Å². The van der Waals surface area contributed by atoms with Gasteiger partial charge in [0.25, 0.3) is 5.91 Å². The fourth-order valence-corrected chi connectivity index (χ4v) is 3.67. The molecular formula is C18H23N3O2S. The quantitative estimate of drug-likeness (QED) is 0.841. The molecule has 1 aliphatic carbocycles. The molecule has 0 aliphatic heterocycles. The van der Waals surface area contributed by atoms with E-state index in [1.807, 2.05) is 29.5 Å². The van der Waals surface area contributed by atoms with Crippen LogP contribution in [0.3, 0.4) is 0 Å². The standard InChI is InChI=1S/C18H23N3O2S/c1-21(14-5-3-2-4-6-14)18(22)10-23-17-8-7-13(9-15(17)19)16-11-24-12-20-16/h7-9,11-12,14H,2-6,10,19H2,1H3. The summed E-state index contributed by atoms with van der Waals surface area (Å²) < 4.78 is 5.65. The fourth-order valence-electron chi connectivity index (χ4n) is 3.11. The Morgan fingerprint density at radius 3 is 2.83 bits per heavy atom. The minimum absolute atomic E-state index is 0.00452. The molecule has 0 atom stereocenters. The van der Waals surface area contributed by atoms with Crippen molar-refractivity contribution < 1.29 is 9.53 Å². The molecule has 3 rings (SSSR count). The second-order valence-corrected chi connectivity index (χ2v) is 6.93. The number of likely N-dealkylation sites (N-methyl/N-ethyl adjacent to an activating group) is 1. The third kappa shape index (κ3) is 3.87. The molecule has 1 saturated carbocycles. The number of nitrogens with zero attached hydrogens (tertiary/aromatic N) is 2. The highest BCUT2D eigenvalue weighted by Crippen LogP contribution is 2.28. The van der Waals surface area contributed by atoms with E-state index in [9.17, 15) is 4.79 Å². The summed E-state index contributed by atoms with van der Waals surface area (Å²) in [6.45, 7) is 0.0211. The van der Waals surface area contributed by atoms with Crippen LogP contribution >= 0.6 is 11.3 Å². The van der Waals surface area contributed by atoms with E-state index >= 15 is 0 Å². The molecule has 5 nitrogen and oxygen atoms in total. The Hall–Kier alpha value is -2.08. The summed E-state index contributed by atoms with van der Waals surface area (Å²) in [4.78, 5) is 18.4. The summed E-state index contributed by atoms with van der Waals surface area (Å²) in [7, 11) is 1.87. The number of nitrogen functional groups attached to an aromatic ring is 1. The van der Waals surface area contributed by atoms with E-state index in [0.29, 0.717) is 17.5 Å². The molecule has 2 N–H and O–H groups in total. The lowest BCUT2D eigenvalue weighted by molar-refractivity contribution is -0.134. The van der Waals surface area contributed by atoms with E-state index in [0.717, 1.165) is 24.1 Å². The maximum Gasteiger partial charge on any atom is 0.260 e. The van der Waals surface area contributed by atoms with Crippen molar-refractivity contribution in [2.45, 2.75) is 38.1 Å². The largest absolute Gasteiger partial charge is 0.482 e. The average Bonchev–Trinajstić information content (AvgIpc) is 3.15. The van der Waals surface area contributed by atoms with E-state index < -0.39 is 0 Å². The first-order valence-electron chi connectivity index (χ1n) is 8.31. The van der Waals surface area contributed by atoms with Gasteiger partial charge in [-0.15, -0.1) is 11.3 Å². The van der Waals surface area contributed by atoms with Crippen molar-refractivity contribution in [3.05, 3.63) is 29.1 Å². The molecule has 128 valence electrons. The summed E-state index contributed by atoms with van der Waals surface area (Å²) in [5, 5.41) is 1.97. The topological polar surface area (TPSA) is 68.5 Å². The molecule has 1 aromatic carbocycles. The number of thiazole rings is 1. The predicted molar refractivity (Wildman–Crippen MR) is 97.1 cm³/mol. The lowest BCUT2D eigenvalue weighted by Gasteiger charge is -2.31. The van der Waals surface area contributed by atoms with Crippen LogP contribution in [-0.2, 0) is 4.79 Å². The molecule has 24 heavy (non-hydrogen) atoms. The minimum atomic E-state index is 0.00452. The van der Waals surface area contributed by atoms with Crippen molar-refractivity contribution in [2.24, 2.45) is 0 Å². The second kappa shape index (κ2) is 7.66. The highest BCUT2D eigenvalue weighted by molar-refractivity contribution is 7.07. The maximum atomic E-state index is 12.3. The molecule has 1 amide bonds. The van der Waals surface area contributed by atoms with Crippen LogP contribution in [0.1, 0.15) is 32.1 Å². The van der Waals surface area contributed by atoms with Gasteiger partial charge in [-0.2, -0.15) is 0 Å². The Morgan fingerprint density at radius 1 is 1.38 bits per heavy atom. The van der Waals surface area contributed by atoms with Gasteiger partial charge in [0.15, 0.2) is 6.61 Å². The van der Waals surface area contributed by atoms with Gasteiger partial charge < -0.3 is 15.4 Å². The average molecular weight is 345 g/mol. The van der Waals surface area contributed by atoms with Gasteiger partial charge in [0, 0.05) is 24.0 Å². The zero-order valence-corrected chi connectivity index (χ0v) is 14.7. The molecule has 1 aromatic heterocycles. The van der Waals surface area contributed by atoms with Crippen LogP contribution in [0.15, 0.2) is 29.1 Å². The molecule has 0 saturated heterocycles. The van der Waals surface area contributed by atoms with Gasteiger partial charge in [0.2, 0.25) is 0 Å². The summed E-state index contributed by atoms with van der Waals surface area (Å²) in [6.07, 6.45) is 5.86. The van der Waals surface area contributed by atoms with Crippen LogP contribution in [0.4, 0.5) is 5.69 Å². The Labute approximate surface area is 146 Å². The van der Waals surface area contributed by atoms with Crippen LogP contribution in [0.2, 0.25) is 0 Å². The monoisotopic (exact) mass is 345 g/mol. The summed E-state index contributed by atoms with van der Waals surface area (Å²) in [5.41, 5.74) is 10.2. The minimum Gasteiger partial charge on any atom is -0.482 e. The third-order valence-electron chi connectivity index (χ3n) is 4.60. The van der Waals surface area contributed by atoms with Crippen LogP contribution in [0.25, 0.3) is 11.3 Å². The summed E-state index contributed by atoms with van der Waals surface area (Å²) in [6, 6.07) is 5.90. The predicted octanol–water partition coefficient (Wildman–Crippen LogP) is 3.56. The first-order chi connectivity index (χ1) is 11.6. The molecule has 0 radical (unpaired) electrons. The Balaban J connectivity index is 1.58. The lowest BCUT2D eigenvalue weighted by Crippen LogP contribution is -2.40. The number of anilines is 1. The van der Waals surface area contributed by atoms with Gasteiger partial charge in [0.05, 0.1) is 16.9 Å². The zero-order chi connectivity index (χ0) is 16.9. The zero-order valence-electron chi connectivity index (χ0n) is 13.9. The van der Waals surface area contributed by atoms with Crippen LogP contribution in [0, 0.1) is 0 Å². The second-order valence-electron chi connectivity index (χ2n) is 6.21. The number of aromatic nitrogens is 1. The number of benzene rings is 1. The van der Waals surface area contributed by atoms with Gasteiger partial charge in [-0.25, -0.2) is 4.98 Å². The molecule has 0 bridgehead atoms. The van der Waals surface area contributed by atoms with Crippen molar-refractivity contribution in [3.63, 3.8) is 0 Å². The molecule has 1 heterocycles. The summed E-state index contributed by atoms with van der Waals surface area (Å²) >= 11 is 1.54. The smallest absolute Gasteiger partial charge is 0.260 e. The molecule has 6 heteroatoms. The Morgan fingerprint density at radius 2 is 2.17 bits per heavy atom. The Bertz CT molecular complexity index is 682. The van der Waals surface area contributed by atoms with Crippen LogP contribution in [-0.4, -0.2) is 35.5 Å². The molecule has 0 spiro atoms. The van der Waals surface area contributed by atoms with Gasteiger partial charge in [-0.3, -0.25) is 4.79 Å². The van der Waals surface area contributed by atoms with Crippen molar-refractivity contribution in [2.75, 3.05) is 19.4 Å². The van der Waals surface area contributed by atoms with Crippen molar-refractivity contribution >= 4 is 22.9 Å². The van der Waals surface area contributed by atoms with Crippen LogP contribution in [0.5, 0.6) is 5.75 Å². The van der Waals surface area contributed by atoms with E-state index in [2.05, 4.69) is 4.98 Å². The molecule has 0 unspecified atom stereocenters. The number of carbonyl (C=O) groups is 1. The fraction of sp³-hybridized carbons (Fsp3) is 0.444. The van der Waals surface area contributed by atoms with Crippen molar-refractivity contribution in [1.29, 1.82) is 0 Å². The SMILES string of the molecule is CN(C(=O)COc1ccc(-c2cscn2)cc1N)C1CCCCC1. The normalized spacial score (nSPS) is 15.2. The molecule has 2 aromatic rings. The number of amides is 1. The third-order valence-corrected chi connectivity index (χ3v) is 5.19. The first kappa shape index (κ1) is 16.8. The molecular weight excluding hydrogens is 322 g/mol. The highest BCUT2D eigenvalue weighted by Gasteiger charge is 2.22. The van der Waals surface area contributed by atoms with Gasteiger partial charge in [-0.05, 0) is 31.0 Å². The van der Waals surface area contributed by atoms with E-state index in [-0.39, 0.29) is 12.5 Å². The van der Waals surface area contributed by atoms with E-state index in [1.165, 1.54) is 19.3 Å². The first-order valence-corrected chi connectivity index (χ1v) is 9.26. The number of carbonyl (C=O) groups excluding carboxylic acids is 1. The van der Waals surface area contributed by atoms with Crippen molar-refractivity contribution in [1.82, 2.24) is 9.88 Å². The number of rotatable bonds is 5. The number of ether oxygens (including phenoxy) is 1. The highest BCUT2D eigenvalue weighted by atomic mass is 32.1. The van der Waals surface area contributed by atoms with Crippen LogP contribution < -0.4 is 10.5 Å². The van der Waals surface area contributed by atoms with E-state index in [4.69, 9.17) is 10.5 Å². The number of nitrogens with two attached hydrogens (primary N) is 1. The Kier molecular flexibility index (Phi) is 5.35. The lowest BCUT2D eigenvalue weighted by atomic mass is 9.94. The van der Waals surface area contributed by atoms with Gasteiger partial charge >= 0.3 is 0 Å². The maximum absolute atomic E-state index is 12.3. The number of hydrogen-bond donors (Lipinski definition) is 1. The number of hydrogen-bond acceptors (Lipinski definition) is 5. The molecule has 1 fully saturated rings. The van der Waals surface area contributed by atoms with Crippen molar-refractivity contribution in [3.8, 4) is 17.0 Å².